The highest BCUT2D eigenvalue weighted by Crippen LogP contribution is 2.30. The van der Waals surface area contributed by atoms with Crippen molar-refractivity contribution in [1.82, 2.24) is 9.55 Å². The van der Waals surface area contributed by atoms with E-state index in [-0.39, 0.29) is 5.91 Å². The molecule has 0 aliphatic carbocycles. The zero-order valence-corrected chi connectivity index (χ0v) is 13.2. The number of rotatable bonds is 3. The topological polar surface area (TPSA) is 34.9 Å². The Kier molecular flexibility index (Phi) is 3.57. The van der Waals surface area contributed by atoms with Crippen LogP contribution < -0.4 is 0 Å². The third-order valence-electron chi connectivity index (χ3n) is 4.26. The molecule has 0 radical (unpaired) electrons. The van der Waals surface area contributed by atoms with E-state index < -0.39 is 5.41 Å². The van der Waals surface area contributed by atoms with Gasteiger partial charge in [0, 0.05) is 11.0 Å². The normalized spacial score (nSPS) is 11.8. The zero-order valence-electron chi connectivity index (χ0n) is 13.2. The molecule has 0 unspecified atom stereocenters. The van der Waals surface area contributed by atoms with E-state index in [9.17, 15) is 4.79 Å². The Bertz CT molecular complexity index is 816. The highest BCUT2D eigenvalue weighted by Gasteiger charge is 2.30. The zero-order chi connectivity index (χ0) is 15.7. The van der Waals surface area contributed by atoms with Crippen LogP contribution in [0.25, 0.3) is 22.4 Å². The lowest BCUT2D eigenvalue weighted by Gasteiger charge is -2.22. The van der Waals surface area contributed by atoms with Crippen molar-refractivity contribution in [2.24, 2.45) is 5.41 Å². The van der Waals surface area contributed by atoms with Crippen LogP contribution in [0, 0.1) is 5.41 Å². The molecule has 2 aromatic carbocycles. The lowest BCUT2D eigenvalue weighted by atomic mass is 9.89. The van der Waals surface area contributed by atoms with Gasteiger partial charge in [-0.25, -0.2) is 4.98 Å². The summed E-state index contributed by atoms with van der Waals surface area (Å²) in [6.07, 6.45) is 0.784. The number of hydrogen-bond donors (Lipinski definition) is 0. The van der Waals surface area contributed by atoms with Crippen LogP contribution in [-0.2, 0) is 0 Å². The molecule has 1 aromatic heterocycles. The fraction of sp³-hybridized carbons (Fsp3) is 0.263. The molecule has 0 aliphatic rings. The SMILES string of the molecule is CCC(C)(C)C(=O)n1c(-c2ccccc2)nc2ccccc21. The van der Waals surface area contributed by atoms with E-state index >= 15 is 0 Å². The molecule has 3 nitrogen and oxygen atoms in total. The van der Waals surface area contributed by atoms with Gasteiger partial charge in [0.2, 0.25) is 5.91 Å². The van der Waals surface area contributed by atoms with Gasteiger partial charge < -0.3 is 0 Å². The minimum atomic E-state index is -0.424. The summed E-state index contributed by atoms with van der Waals surface area (Å²) in [5.74, 6) is 0.802. The number of benzene rings is 2. The Hall–Kier alpha value is -2.42. The Balaban J connectivity index is 2.29. The molecule has 1 heterocycles. The summed E-state index contributed by atoms with van der Waals surface area (Å²) in [6, 6.07) is 17.7. The lowest BCUT2D eigenvalue weighted by molar-refractivity contribution is 0.0747. The van der Waals surface area contributed by atoms with E-state index in [2.05, 4.69) is 0 Å². The van der Waals surface area contributed by atoms with Crippen molar-refractivity contribution in [3.05, 3.63) is 54.6 Å². The smallest absolute Gasteiger partial charge is 0.238 e. The molecule has 0 saturated heterocycles. The minimum Gasteiger partial charge on any atom is -0.273 e. The molecule has 0 bridgehead atoms. The Morgan fingerprint density at radius 2 is 1.68 bits per heavy atom. The molecule has 0 atom stereocenters. The molecule has 0 N–H and O–H groups in total. The summed E-state index contributed by atoms with van der Waals surface area (Å²) in [7, 11) is 0. The van der Waals surface area contributed by atoms with Crippen LogP contribution in [0.1, 0.15) is 32.0 Å². The Morgan fingerprint density at radius 3 is 2.36 bits per heavy atom. The number of hydrogen-bond acceptors (Lipinski definition) is 2. The van der Waals surface area contributed by atoms with Crippen molar-refractivity contribution in [2.75, 3.05) is 0 Å². The number of aromatic nitrogens is 2. The Labute approximate surface area is 130 Å². The number of carbonyl (C=O) groups excluding carboxylic acids is 1. The van der Waals surface area contributed by atoms with E-state index in [4.69, 9.17) is 4.98 Å². The first-order chi connectivity index (χ1) is 10.5. The van der Waals surface area contributed by atoms with Gasteiger partial charge in [0.25, 0.3) is 0 Å². The van der Waals surface area contributed by atoms with Crippen molar-refractivity contribution in [3.8, 4) is 11.4 Å². The molecule has 0 amide bonds. The fourth-order valence-electron chi connectivity index (χ4n) is 2.47. The number of para-hydroxylation sites is 2. The largest absolute Gasteiger partial charge is 0.273 e. The fourth-order valence-corrected chi connectivity index (χ4v) is 2.47. The van der Waals surface area contributed by atoms with Gasteiger partial charge in [-0.05, 0) is 18.6 Å². The molecule has 3 aromatic rings. The van der Waals surface area contributed by atoms with E-state index in [0.717, 1.165) is 23.0 Å². The standard InChI is InChI=1S/C19H20N2O/c1-4-19(2,3)18(22)21-16-13-9-8-12-15(16)20-17(21)14-10-6-5-7-11-14/h5-13H,4H2,1-3H3. The van der Waals surface area contributed by atoms with Gasteiger partial charge in [-0.1, -0.05) is 63.2 Å². The first kappa shape index (κ1) is 14.5. The summed E-state index contributed by atoms with van der Waals surface area (Å²) in [5, 5.41) is 0. The molecule has 0 fully saturated rings. The molecular weight excluding hydrogens is 272 g/mol. The van der Waals surface area contributed by atoms with E-state index in [1.807, 2.05) is 75.4 Å². The van der Waals surface area contributed by atoms with Crippen LogP contribution >= 0.6 is 0 Å². The summed E-state index contributed by atoms with van der Waals surface area (Å²) < 4.78 is 1.77. The predicted octanol–water partition coefficient (Wildman–Crippen LogP) is 4.78. The monoisotopic (exact) mass is 292 g/mol. The van der Waals surface area contributed by atoms with Gasteiger partial charge in [-0.15, -0.1) is 0 Å². The van der Waals surface area contributed by atoms with Crippen LogP contribution in [0.15, 0.2) is 54.6 Å². The van der Waals surface area contributed by atoms with Crippen LogP contribution in [0.4, 0.5) is 0 Å². The number of fused-ring (bicyclic) bond motifs is 1. The van der Waals surface area contributed by atoms with Crippen molar-refractivity contribution < 1.29 is 4.79 Å². The molecule has 3 heteroatoms. The van der Waals surface area contributed by atoms with E-state index in [1.165, 1.54) is 0 Å². The van der Waals surface area contributed by atoms with E-state index in [0.29, 0.717) is 5.82 Å². The van der Waals surface area contributed by atoms with Crippen LogP contribution in [0.2, 0.25) is 0 Å². The second kappa shape index (κ2) is 5.41. The maximum Gasteiger partial charge on any atom is 0.238 e. The van der Waals surface area contributed by atoms with Gasteiger partial charge in [0.1, 0.15) is 5.82 Å². The maximum absolute atomic E-state index is 13.1. The van der Waals surface area contributed by atoms with Crippen LogP contribution in [0.3, 0.4) is 0 Å². The first-order valence-electron chi connectivity index (χ1n) is 7.62. The van der Waals surface area contributed by atoms with E-state index in [1.54, 1.807) is 4.57 Å². The lowest BCUT2D eigenvalue weighted by Crippen LogP contribution is -2.29. The first-order valence-corrected chi connectivity index (χ1v) is 7.62. The number of imidazole rings is 1. The van der Waals surface area contributed by atoms with Crippen molar-refractivity contribution in [3.63, 3.8) is 0 Å². The average molecular weight is 292 g/mol. The second-order valence-corrected chi connectivity index (χ2v) is 6.17. The second-order valence-electron chi connectivity index (χ2n) is 6.17. The summed E-state index contributed by atoms with van der Waals surface area (Å²) in [5.41, 5.74) is 2.25. The molecule has 0 spiro atoms. The minimum absolute atomic E-state index is 0.0857. The van der Waals surface area contributed by atoms with Gasteiger partial charge in [-0.3, -0.25) is 9.36 Å². The van der Waals surface area contributed by atoms with Crippen LogP contribution in [-0.4, -0.2) is 15.5 Å². The van der Waals surface area contributed by atoms with Gasteiger partial charge in [0.15, 0.2) is 0 Å². The Morgan fingerprint density at radius 1 is 1.05 bits per heavy atom. The predicted molar refractivity (Wildman–Crippen MR) is 89.9 cm³/mol. The average Bonchev–Trinajstić information content (AvgIpc) is 2.94. The number of nitrogens with zero attached hydrogens (tertiary/aromatic N) is 2. The van der Waals surface area contributed by atoms with Gasteiger partial charge >= 0.3 is 0 Å². The van der Waals surface area contributed by atoms with Gasteiger partial charge in [0.05, 0.1) is 11.0 Å². The molecule has 0 saturated carbocycles. The molecule has 3 rings (SSSR count). The highest BCUT2D eigenvalue weighted by atomic mass is 16.2. The third-order valence-corrected chi connectivity index (χ3v) is 4.26. The van der Waals surface area contributed by atoms with Crippen molar-refractivity contribution >= 4 is 16.9 Å². The highest BCUT2D eigenvalue weighted by molar-refractivity contribution is 5.97. The quantitative estimate of drug-likeness (QED) is 0.696. The maximum atomic E-state index is 13.1. The summed E-state index contributed by atoms with van der Waals surface area (Å²) in [4.78, 5) is 17.8. The van der Waals surface area contributed by atoms with Gasteiger partial charge in [-0.2, -0.15) is 0 Å². The summed E-state index contributed by atoms with van der Waals surface area (Å²) in [6.45, 7) is 6.01. The molecule has 22 heavy (non-hydrogen) atoms. The molecule has 112 valence electrons. The molecule has 0 aliphatic heterocycles. The van der Waals surface area contributed by atoms with Crippen molar-refractivity contribution in [1.29, 1.82) is 0 Å². The van der Waals surface area contributed by atoms with Crippen LogP contribution in [0.5, 0.6) is 0 Å². The van der Waals surface area contributed by atoms with Crippen molar-refractivity contribution in [2.45, 2.75) is 27.2 Å². The number of carbonyl (C=O) groups is 1. The third kappa shape index (κ3) is 2.33. The summed E-state index contributed by atoms with van der Waals surface area (Å²) >= 11 is 0. The molecular formula is C19H20N2O.